The van der Waals surface area contributed by atoms with Crippen LogP contribution < -0.4 is 5.43 Å². The van der Waals surface area contributed by atoms with E-state index < -0.39 is 24.2 Å². The molecule has 1 amide bonds. The third-order valence-corrected chi connectivity index (χ3v) is 5.51. The minimum Gasteiger partial charge on any atom is -0.362 e. The molecule has 24 heavy (non-hydrogen) atoms. The van der Waals surface area contributed by atoms with Gasteiger partial charge in [-0.2, -0.15) is 13.2 Å². The van der Waals surface area contributed by atoms with E-state index in [0.29, 0.717) is 10.1 Å². The summed E-state index contributed by atoms with van der Waals surface area (Å²) in [7, 11) is 0. The lowest BCUT2D eigenvalue weighted by atomic mass is 10.1. The molecular weight excluding hydrogens is 388 g/mol. The van der Waals surface area contributed by atoms with Crippen LogP contribution >= 0.6 is 34.5 Å². The summed E-state index contributed by atoms with van der Waals surface area (Å²) in [5.74, 6) is -1.12. The van der Waals surface area contributed by atoms with Crippen LogP contribution in [-0.2, 0) is 0 Å². The highest BCUT2D eigenvalue weighted by molar-refractivity contribution is 7.21. The van der Waals surface area contributed by atoms with Gasteiger partial charge < -0.3 is 5.11 Å². The lowest BCUT2D eigenvalue weighted by Crippen LogP contribution is -2.59. The first-order chi connectivity index (χ1) is 11.1. The summed E-state index contributed by atoms with van der Waals surface area (Å²) in [4.78, 5) is 12.4. The van der Waals surface area contributed by atoms with Crippen molar-refractivity contribution in [3.63, 3.8) is 0 Å². The number of fused-ring (bicyclic) bond motifs is 1. The van der Waals surface area contributed by atoms with Crippen molar-refractivity contribution in [2.45, 2.75) is 18.3 Å². The number of hydrazine groups is 1. The normalized spacial score (nSPS) is 21.4. The van der Waals surface area contributed by atoms with Gasteiger partial charge >= 0.3 is 6.18 Å². The van der Waals surface area contributed by atoms with Crippen LogP contribution in [0.2, 0.25) is 10.0 Å². The number of carbonyl (C=O) groups excluding carboxylic acids is 1. The van der Waals surface area contributed by atoms with Crippen LogP contribution in [0.4, 0.5) is 13.2 Å². The zero-order chi connectivity index (χ0) is 17.9. The van der Waals surface area contributed by atoms with Crippen molar-refractivity contribution in [2.75, 3.05) is 0 Å². The molecule has 1 fully saturated rings. The Labute approximate surface area is 148 Å². The Bertz CT molecular complexity index is 868. The van der Waals surface area contributed by atoms with E-state index in [2.05, 4.69) is 12.0 Å². The summed E-state index contributed by atoms with van der Waals surface area (Å²) < 4.78 is 40.3. The summed E-state index contributed by atoms with van der Waals surface area (Å²) >= 11 is 13.1. The molecular formula is C14H9Cl2F3N2O2S. The number of aliphatic hydroxyl groups is 1. The van der Waals surface area contributed by atoms with Gasteiger partial charge in [0.15, 0.2) is 0 Å². The molecule has 1 saturated heterocycles. The van der Waals surface area contributed by atoms with Crippen LogP contribution in [0.15, 0.2) is 30.5 Å². The Morgan fingerprint density at radius 3 is 2.67 bits per heavy atom. The average molecular weight is 397 g/mol. The Balaban J connectivity index is 2.11. The first-order valence-electron chi connectivity index (χ1n) is 6.51. The number of alkyl halides is 3. The van der Waals surface area contributed by atoms with Crippen molar-refractivity contribution in [1.29, 1.82) is 0 Å². The maximum Gasteiger partial charge on any atom is 0.438 e. The molecule has 1 aliphatic heterocycles. The van der Waals surface area contributed by atoms with E-state index in [4.69, 9.17) is 23.2 Å². The van der Waals surface area contributed by atoms with E-state index in [-0.39, 0.29) is 25.6 Å². The highest BCUT2D eigenvalue weighted by Crippen LogP contribution is 2.44. The van der Waals surface area contributed by atoms with Crippen LogP contribution in [0.25, 0.3) is 10.1 Å². The number of hydrogen-bond donors (Lipinski definition) is 2. The molecule has 1 unspecified atom stereocenters. The molecule has 10 heteroatoms. The number of hydrogen-bond acceptors (Lipinski definition) is 4. The van der Waals surface area contributed by atoms with Gasteiger partial charge in [-0.3, -0.25) is 10.2 Å². The van der Waals surface area contributed by atoms with Gasteiger partial charge in [0.1, 0.15) is 4.88 Å². The van der Waals surface area contributed by atoms with E-state index in [1.165, 1.54) is 0 Å². The van der Waals surface area contributed by atoms with Crippen LogP contribution in [0.5, 0.6) is 0 Å². The molecule has 0 bridgehead atoms. The molecule has 1 aliphatic rings. The van der Waals surface area contributed by atoms with Gasteiger partial charge in [0.2, 0.25) is 0 Å². The monoisotopic (exact) mass is 396 g/mol. The van der Waals surface area contributed by atoms with E-state index in [1.807, 2.05) is 0 Å². The van der Waals surface area contributed by atoms with E-state index in [0.717, 1.165) is 11.3 Å². The molecule has 4 nitrogen and oxygen atoms in total. The minimum absolute atomic E-state index is 0.0607. The summed E-state index contributed by atoms with van der Waals surface area (Å²) in [5.41, 5.74) is -1.37. The van der Waals surface area contributed by atoms with Crippen molar-refractivity contribution in [2.24, 2.45) is 0 Å². The third kappa shape index (κ3) is 2.45. The first kappa shape index (κ1) is 17.3. The summed E-state index contributed by atoms with van der Waals surface area (Å²) in [6, 6.07) is 4.83. The number of rotatable bonds is 1. The predicted molar refractivity (Wildman–Crippen MR) is 85.9 cm³/mol. The lowest BCUT2D eigenvalue weighted by molar-refractivity contribution is -0.299. The van der Waals surface area contributed by atoms with Gasteiger partial charge in [-0.05, 0) is 12.1 Å². The van der Waals surface area contributed by atoms with Crippen LogP contribution in [0, 0.1) is 0 Å². The predicted octanol–water partition coefficient (Wildman–Crippen LogP) is 4.32. The topological polar surface area (TPSA) is 52.6 Å². The second-order valence-corrected chi connectivity index (χ2v) is 7.04. The maximum absolute atomic E-state index is 13.2. The molecule has 128 valence electrons. The molecule has 1 atom stereocenters. The Hall–Kier alpha value is -1.48. The molecule has 0 spiro atoms. The zero-order valence-electron chi connectivity index (χ0n) is 11.7. The molecule has 1 aromatic carbocycles. The summed E-state index contributed by atoms with van der Waals surface area (Å²) in [6.45, 7) is 3.35. The SMILES string of the molecule is C=C1CC(O)(C(F)(F)F)N(C(=O)c2sc3cccc(Cl)c3c2Cl)N1. The number of nitrogens with zero attached hydrogens (tertiary/aromatic N) is 1. The molecule has 3 rings (SSSR count). The largest absolute Gasteiger partial charge is 0.438 e. The smallest absolute Gasteiger partial charge is 0.362 e. The second kappa shape index (κ2) is 5.52. The van der Waals surface area contributed by atoms with Gasteiger partial charge in [-0.1, -0.05) is 35.8 Å². The van der Waals surface area contributed by atoms with Crippen molar-refractivity contribution in [3.8, 4) is 0 Å². The molecule has 0 aliphatic carbocycles. The highest BCUT2D eigenvalue weighted by Gasteiger charge is 2.63. The summed E-state index contributed by atoms with van der Waals surface area (Å²) in [5, 5.41) is 10.7. The van der Waals surface area contributed by atoms with E-state index >= 15 is 0 Å². The van der Waals surface area contributed by atoms with Crippen molar-refractivity contribution < 1.29 is 23.1 Å². The minimum atomic E-state index is -5.07. The number of thiophene rings is 1. The van der Waals surface area contributed by atoms with E-state index in [1.54, 1.807) is 18.2 Å². The van der Waals surface area contributed by atoms with Gasteiger partial charge in [-0.25, -0.2) is 5.01 Å². The van der Waals surface area contributed by atoms with Crippen LogP contribution in [0.1, 0.15) is 16.1 Å². The third-order valence-electron chi connectivity index (χ3n) is 3.56. The van der Waals surface area contributed by atoms with Gasteiger partial charge in [0, 0.05) is 22.2 Å². The molecule has 1 aromatic heterocycles. The maximum atomic E-state index is 13.2. The fourth-order valence-corrected chi connectivity index (χ4v) is 4.30. The number of nitrogens with one attached hydrogen (secondary N) is 1. The zero-order valence-corrected chi connectivity index (χ0v) is 14.1. The highest BCUT2D eigenvalue weighted by atomic mass is 35.5. The number of carbonyl (C=O) groups is 1. The second-order valence-electron chi connectivity index (χ2n) is 5.21. The van der Waals surface area contributed by atoms with Gasteiger partial charge in [-0.15, -0.1) is 11.3 Å². The standard InChI is InChI=1S/C14H9Cl2F3N2O2S/c1-6-5-13(23,14(17,18)19)21(20-6)12(22)11-10(16)9-7(15)3-2-4-8(9)24-11/h2-4,20,23H,1,5H2. The quantitative estimate of drug-likeness (QED) is 0.754. The van der Waals surface area contributed by atoms with Crippen LogP contribution in [-0.4, -0.2) is 27.9 Å². The molecule has 2 aromatic rings. The first-order valence-corrected chi connectivity index (χ1v) is 8.08. The average Bonchev–Trinajstić information content (AvgIpc) is 2.97. The number of amides is 1. The van der Waals surface area contributed by atoms with Crippen molar-refractivity contribution >= 4 is 50.5 Å². The fraction of sp³-hybridized carbons (Fsp3) is 0.214. The molecule has 0 saturated carbocycles. The van der Waals surface area contributed by atoms with Crippen LogP contribution in [0.3, 0.4) is 0 Å². The van der Waals surface area contributed by atoms with Gasteiger partial charge in [0.25, 0.3) is 11.6 Å². The Kier molecular flexibility index (Phi) is 3.99. The number of benzene rings is 1. The fourth-order valence-electron chi connectivity index (χ4n) is 2.42. The van der Waals surface area contributed by atoms with Gasteiger partial charge in [0.05, 0.1) is 10.0 Å². The molecule has 0 radical (unpaired) electrons. The molecule has 2 N–H and O–H groups in total. The van der Waals surface area contributed by atoms with E-state index in [9.17, 15) is 23.1 Å². The molecule has 2 heterocycles. The van der Waals surface area contributed by atoms with Crippen molar-refractivity contribution in [3.05, 3.63) is 45.4 Å². The summed E-state index contributed by atoms with van der Waals surface area (Å²) in [6.07, 6.45) is -5.94. The lowest BCUT2D eigenvalue weighted by Gasteiger charge is -2.33. The Morgan fingerprint density at radius 1 is 1.42 bits per heavy atom. The van der Waals surface area contributed by atoms with Crippen molar-refractivity contribution in [1.82, 2.24) is 10.4 Å². The Morgan fingerprint density at radius 2 is 2.08 bits per heavy atom. The number of halogens is 5.